The number of carbonyl (C=O) groups is 2. The van der Waals surface area contributed by atoms with Crippen molar-refractivity contribution in [2.75, 3.05) is 20.2 Å². The van der Waals surface area contributed by atoms with Crippen LogP contribution in [0.4, 0.5) is 13.2 Å². The van der Waals surface area contributed by atoms with Crippen molar-refractivity contribution in [3.8, 4) is 22.8 Å². The molecule has 1 saturated carbocycles. The lowest BCUT2D eigenvalue weighted by molar-refractivity contribution is -0.133. The molecule has 0 spiro atoms. The Morgan fingerprint density at radius 2 is 1.89 bits per heavy atom. The minimum atomic E-state index is -3.14. The third kappa shape index (κ3) is 4.44. The molecule has 0 radical (unpaired) electrons. The van der Waals surface area contributed by atoms with Gasteiger partial charge in [-0.1, -0.05) is 0 Å². The Balaban J connectivity index is 1.54. The molecule has 0 unspecified atom stereocenters. The minimum absolute atomic E-state index is 0.0225. The quantitative estimate of drug-likeness (QED) is 0.432. The molecule has 1 saturated heterocycles. The molecule has 1 aliphatic heterocycles. The number of hydrogen-bond acceptors (Lipinski definition) is 5. The molecule has 0 bridgehead atoms. The van der Waals surface area contributed by atoms with Crippen LogP contribution in [0.1, 0.15) is 48.0 Å². The summed E-state index contributed by atoms with van der Waals surface area (Å²) in [7, 11) is 1.35. The zero-order chi connectivity index (χ0) is 24.9. The summed E-state index contributed by atoms with van der Waals surface area (Å²) >= 11 is 0. The highest BCUT2D eigenvalue weighted by atomic mass is 19.3. The number of alkyl halides is 2. The van der Waals surface area contributed by atoms with Crippen LogP contribution < -0.4 is 9.47 Å². The molecule has 7 nitrogen and oxygen atoms in total. The average molecular weight is 487 g/mol. The van der Waals surface area contributed by atoms with Crippen LogP contribution in [-0.4, -0.2) is 52.8 Å². The van der Waals surface area contributed by atoms with Crippen LogP contribution in [0.25, 0.3) is 16.9 Å². The fraction of sp³-hybridized carbons (Fsp3) is 0.400. The molecule has 0 atom stereocenters. The molecule has 2 aliphatic rings. The van der Waals surface area contributed by atoms with Gasteiger partial charge >= 0.3 is 6.61 Å². The summed E-state index contributed by atoms with van der Waals surface area (Å²) in [6, 6.07) is 4.51. The molecule has 0 N–H and O–H groups in total. The normalized spacial score (nSPS) is 16.0. The number of Topliss-reactive ketones (excluding diaryl/α,β-unsaturated/α-hetero) is 1. The van der Waals surface area contributed by atoms with Crippen molar-refractivity contribution in [1.29, 1.82) is 0 Å². The van der Waals surface area contributed by atoms with E-state index in [1.165, 1.54) is 36.9 Å². The number of likely N-dealkylation sites (tertiary alicyclic amines) is 1. The van der Waals surface area contributed by atoms with Crippen molar-refractivity contribution < 1.29 is 32.2 Å². The van der Waals surface area contributed by atoms with Gasteiger partial charge in [0.25, 0.3) is 0 Å². The number of halogens is 3. The maximum absolute atomic E-state index is 15.0. The Bertz CT molecular complexity index is 1310. The first-order valence-electron chi connectivity index (χ1n) is 11.4. The van der Waals surface area contributed by atoms with Crippen LogP contribution in [0.15, 0.2) is 30.6 Å². The first kappa shape index (κ1) is 23.2. The van der Waals surface area contributed by atoms with Crippen molar-refractivity contribution in [3.63, 3.8) is 0 Å². The lowest BCUT2D eigenvalue weighted by atomic mass is 9.91. The molecule has 3 heterocycles. The van der Waals surface area contributed by atoms with Gasteiger partial charge in [-0.2, -0.15) is 8.78 Å². The second-order valence-electron chi connectivity index (χ2n) is 9.07. The highest BCUT2D eigenvalue weighted by molar-refractivity contribution is 6.02. The highest BCUT2D eigenvalue weighted by Gasteiger charge is 2.33. The van der Waals surface area contributed by atoms with E-state index in [-0.39, 0.29) is 47.0 Å². The van der Waals surface area contributed by atoms with E-state index in [0.29, 0.717) is 35.6 Å². The van der Waals surface area contributed by atoms with Crippen molar-refractivity contribution in [2.45, 2.75) is 38.7 Å². The fourth-order valence-electron chi connectivity index (χ4n) is 4.52. The van der Waals surface area contributed by atoms with Crippen LogP contribution in [0.2, 0.25) is 0 Å². The largest absolute Gasteiger partial charge is 0.496 e. The topological polar surface area (TPSA) is 73.1 Å². The minimum Gasteiger partial charge on any atom is -0.496 e. The third-order valence-electron chi connectivity index (χ3n) is 6.64. The second kappa shape index (κ2) is 8.90. The van der Waals surface area contributed by atoms with Gasteiger partial charge in [-0.3, -0.25) is 14.0 Å². The van der Waals surface area contributed by atoms with Gasteiger partial charge in [-0.05, 0) is 42.5 Å². The van der Waals surface area contributed by atoms with Crippen LogP contribution in [0.3, 0.4) is 0 Å². The van der Waals surface area contributed by atoms with Crippen LogP contribution in [-0.2, 0) is 4.79 Å². The maximum Gasteiger partial charge on any atom is 0.387 e. The first-order chi connectivity index (χ1) is 16.7. The van der Waals surface area contributed by atoms with Crippen LogP contribution >= 0.6 is 0 Å². The lowest BCUT2D eigenvalue weighted by Crippen LogP contribution is -2.47. The molecule has 184 valence electrons. The van der Waals surface area contributed by atoms with E-state index in [1.54, 1.807) is 17.0 Å². The molecule has 2 fully saturated rings. The average Bonchev–Trinajstić information content (AvgIpc) is 3.48. The van der Waals surface area contributed by atoms with E-state index < -0.39 is 12.4 Å². The number of ether oxygens (including phenoxy) is 2. The maximum atomic E-state index is 15.0. The molecule has 35 heavy (non-hydrogen) atoms. The molecule has 2 aromatic heterocycles. The van der Waals surface area contributed by atoms with Gasteiger partial charge in [0.2, 0.25) is 5.91 Å². The fourth-order valence-corrected chi connectivity index (χ4v) is 4.52. The summed E-state index contributed by atoms with van der Waals surface area (Å²) in [6.07, 6.45) is 4.88. The number of aromatic nitrogens is 2. The summed E-state index contributed by atoms with van der Waals surface area (Å²) in [5.41, 5.74) is 1.70. The summed E-state index contributed by atoms with van der Waals surface area (Å²) in [6.45, 7) is -0.779. The smallest absolute Gasteiger partial charge is 0.387 e. The van der Waals surface area contributed by atoms with E-state index in [1.807, 2.05) is 0 Å². The highest BCUT2D eigenvalue weighted by Crippen LogP contribution is 2.41. The third-order valence-corrected chi connectivity index (χ3v) is 6.64. The van der Waals surface area contributed by atoms with E-state index in [9.17, 15) is 18.4 Å². The van der Waals surface area contributed by atoms with E-state index in [4.69, 9.17) is 9.47 Å². The Kier molecular flexibility index (Phi) is 5.90. The van der Waals surface area contributed by atoms with Crippen molar-refractivity contribution >= 4 is 17.3 Å². The van der Waals surface area contributed by atoms with Gasteiger partial charge < -0.3 is 14.4 Å². The van der Waals surface area contributed by atoms with Crippen molar-refractivity contribution in [1.82, 2.24) is 14.3 Å². The number of fused-ring (bicyclic) bond motifs is 1. The Morgan fingerprint density at radius 1 is 1.17 bits per heavy atom. The van der Waals surface area contributed by atoms with Gasteiger partial charge in [0.05, 0.1) is 19.0 Å². The van der Waals surface area contributed by atoms with Gasteiger partial charge in [0, 0.05) is 44.1 Å². The number of pyridine rings is 1. The number of ketones is 1. The SMILES string of the molecule is COc1cc(-c2cnc3cc(C4CN(C(C)=O)C4)c(F)cn23)cc(OC(F)F)c1C(=O)CC1CC1. The number of amides is 1. The molecule has 10 heteroatoms. The zero-order valence-corrected chi connectivity index (χ0v) is 19.3. The Hall–Kier alpha value is -3.56. The van der Waals surface area contributed by atoms with E-state index >= 15 is 4.39 Å². The number of carbonyl (C=O) groups excluding carboxylic acids is 2. The number of rotatable bonds is 8. The van der Waals surface area contributed by atoms with Gasteiger partial charge in [-0.25, -0.2) is 9.37 Å². The van der Waals surface area contributed by atoms with Gasteiger partial charge in [-0.15, -0.1) is 0 Å². The van der Waals surface area contributed by atoms with Gasteiger partial charge in [0.15, 0.2) is 5.78 Å². The molecular weight excluding hydrogens is 463 g/mol. The summed E-state index contributed by atoms with van der Waals surface area (Å²) < 4.78 is 53.1. The number of methoxy groups -OCH3 is 1. The van der Waals surface area contributed by atoms with Gasteiger partial charge in [0.1, 0.15) is 28.5 Å². The van der Waals surface area contributed by atoms with Crippen LogP contribution in [0, 0.1) is 11.7 Å². The molecular formula is C25H24F3N3O4. The number of nitrogens with zero attached hydrogens (tertiary/aromatic N) is 3. The monoisotopic (exact) mass is 487 g/mol. The first-order valence-corrected chi connectivity index (χ1v) is 11.4. The van der Waals surface area contributed by atoms with Crippen LogP contribution in [0.5, 0.6) is 11.5 Å². The number of hydrogen-bond donors (Lipinski definition) is 0. The molecule has 5 rings (SSSR count). The standard InChI is InChI=1S/C25H24F3N3O4/c1-13(32)30-10-16(11-30)17-8-23-29-9-19(31(23)12-18(17)26)15-6-21(34-2)24(20(33)5-14-3-4-14)22(7-15)35-25(27)28/h6-9,12,14,16,25H,3-5,10-11H2,1-2H3. The van der Waals surface area contributed by atoms with Crippen molar-refractivity contribution in [3.05, 3.63) is 47.5 Å². The molecule has 1 aromatic carbocycles. The summed E-state index contributed by atoms with van der Waals surface area (Å²) in [4.78, 5) is 30.3. The second-order valence-corrected chi connectivity index (χ2v) is 9.07. The number of benzene rings is 1. The zero-order valence-electron chi connectivity index (χ0n) is 19.3. The van der Waals surface area contributed by atoms with E-state index in [2.05, 4.69) is 4.98 Å². The molecule has 1 amide bonds. The molecule has 3 aromatic rings. The predicted molar refractivity (Wildman–Crippen MR) is 120 cm³/mol. The van der Waals surface area contributed by atoms with Crippen molar-refractivity contribution in [2.24, 2.45) is 5.92 Å². The summed E-state index contributed by atoms with van der Waals surface area (Å²) in [5.74, 6) is -0.883. The Morgan fingerprint density at radius 3 is 2.51 bits per heavy atom. The predicted octanol–water partition coefficient (Wildman–Crippen LogP) is 4.68. The number of imidazole rings is 1. The Labute approximate surface area is 199 Å². The van der Waals surface area contributed by atoms with E-state index in [0.717, 1.165) is 12.8 Å². The summed E-state index contributed by atoms with van der Waals surface area (Å²) in [5, 5.41) is 0. The molecule has 1 aliphatic carbocycles. The lowest BCUT2D eigenvalue weighted by Gasteiger charge is -2.39.